The summed E-state index contributed by atoms with van der Waals surface area (Å²) in [5.41, 5.74) is 3.05. The fraction of sp³-hybridized carbons (Fsp3) is 0.250. The summed E-state index contributed by atoms with van der Waals surface area (Å²) in [6.07, 6.45) is 1.76. The number of halogens is 2. The SMILES string of the molecule is O=C(Cc1ccc(F)c(F)c1)Nn1c(N2CCCC2)nc2ccccc2c1=O. The minimum atomic E-state index is -1.02. The number of benzene rings is 2. The normalized spacial score (nSPS) is 13.9. The Morgan fingerprint density at radius 3 is 2.57 bits per heavy atom. The number of aromatic nitrogens is 2. The Hall–Kier alpha value is -3.29. The Balaban J connectivity index is 1.69. The Kier molecular flexibility index (Phi) is 4.77. The molecule has 0 radical (unpaired) electrons. The van der Waals surface area contributed by atoms with Crippen LogP contribution in [0, 0.1) is 11.6 Å². The van der Waals surface area contributed by atoms with Crippen LogP contribution in [0.15, 0.2) is 47.3 Å². The average molecular weight is 384 g/mol. The molecular formula is C20H18F2N4O2. The molecule has 1 aromatic heterocycles. The number of rotatable bonds is 4. The van der Waals surface area contributed by atoms with Gasteiger partial charge in [-0.1, -0.05) is 18.2 Å². The molecule has 28 heavy (non-hydrogen) atoms. The number of hydrogen-bond acceptors (Lipinski definition) is 4. The van der Waals surface area contributed by atoms with Gasteiger partial charge in [-0.3, -0.25) is 15.0 Å². The first kappa shape index (κ1) is 18.1. The maximum absolute atomic E-state index is 13.4. The fourth-order valence-corrected chi connectivity index (χ4v) is 3.35. The van der Waals surface area contributed by atoms with Crippen LogP contribution in [0.25, 0.3) is 10.9 Å². The van der Waals surface area contributed by atoms with Gasteiger partial charge >= 0.3 is 0 Å². The lowest BCUT2D eigenvalue weighted by Crippen LogP contribution is -2.39. The Morgan fingerprint density at radius 2 is 1.82 bits per heavy atom. The van der Waals surface area contributed by atoms with E-state index in [1.54, 1.807) is 24.3 Å². The minimum Gasteiger partial charge on any atom is -0.341 e. The molecule has 0 atom stereocenters. The highest BCUT2D eigenvalue weighted by molar-refractivity contribution is 5.87. The molecule has 0 aliphatic carbocycles. The molecule has 0 spiro atoms. The maximum atomic E-state index is 13.4. The van der Waals surface area contributed by atoms with Crippen molar-refractivity contribution in [2.45, 2.75) is 19.3 Å². The van der Waals surface area contributed by atoms with E-state index < -0.39 is 17.5 Å². The topological polar surface area (TPSA) is 67.2 Å². The molecule has 1 aliphatic heterocycles. The number of anilines is 1. The van der Waals surface area contributed by atoms with E-state index in [1.807, 2.05) is 4.90 Å². The van der Waals surface area contributed by atoms with Gasteiger partial charge in [-0.15, -0.1) is 0 Å². The smallest absolute Gasteiger partial charge is 0.281 e. The summed E-state index contributed by atoms with van der Waals surface area (Å²) in [6.45, 7) is 1.48. The van der Waals surface area contributed by atoms with Crippen LogP contribution in [0.5, 0.6) is 0 Å². The number of carbonyl (C=O) groups is 1. The maximum Gasteiger partial charge on any atom is 0.281 e. The van der Waals surface area contributed by atoms with E-state index in [2.05, 4.69) is 10.4 Å². The van der Waals surface area contributed by atoms with Crippen molar-refractivity contribution >= 4 is 22.8 Å². The van der Waals surface area contributed by atoms with Gasteiger partial charge in [-0.05, 0) is 42.7 Å². The van der Waals surface area contributed by atoms with Gasteiger partial charge in [-0.25, -0.2) is 13.8 Å². The molecule has 1 amide bonds. The monoisotopic (exact) mass is 384 g/mol. The first-order chi connectivity index (χ1) is 13.5. The summed E-state index contributed by atoms with van der Waals surface area (Å²) in [6, 6.07) is 10.2. The number of carbonyl (C=O) groups excluding carboxylic acids is 1. The van der Waals surface area contributed by atoms with Gasteiger partial charge in [0.2, 0.25) is 11.9 Å². The van der Waals surface area contributed by atoms with E-state index in [-0.39, 0.29) is 12.0 Å². The largest absolute Gasteiger partial charge is 0.341 e. The molecule has 6 nitrogen and oxygen atoms in total. The van der Waals surface area contributed by atoms with E-state index in [9.17, 15) is 18.4 Å². The van der Waals surface area contributed by atoms with Crippen molar-refractivity contribution in [3.05, 3.63) is 70.0 Å². The highest BCUT2D eigenvalue weighted by Gasteiger charge is 2.21. The minimum absolute atomic E-state index is 0.199. The molecule has 3 aromatic rings. The second-order valence-electron chi connectivity index (χ2n) is 6.72. The standard InChI is InChI=1S/C20H18F2N4O2/c21-15-8-7-13(11-16(15)22)12-18(27)24-26-19(28)14-5-1-2-6-17(14)23-20(26)25-9-3-4-10-25/h1-2,5-8,11H,3-4,9-10,12H2,(H,24,27). The summed E-state index contributed by atoms with van der Waals surface area (Å²) < 4.78 is 27.6. The molecule has 8 heteroatoms. The van der Waals surface area contributed by atoms with Gasteiger partial charge in [0.15, 0.2) is 11.6 Å². The molecule has 1 N–H and O–H groups in total. The highest BCUT2D eigenvalue weighted by Crippen LogP contribution is 2.19. The molecule has 4 rings (SSSR count). The number of nitrogens with one attached hydrogen (secondary N) is 1. The van der Waals surface area contributed by atoms with Gasteiger partial charge in [0.25, 0.3) is 5.56 Å². The number of para-hydroxylation sites is 1. The molecule has 144 valence electrons. The number of nitrogens with zero attached hydrogens (tertiary/aromatic N) is 3. The van der Waals surface area contributed by atoms with Gasteiger partial charge in [0.05, 0.1) is 17.3 Å². The number of fused-ring (bicyclic) bond motifs is 1. The Morgan fingerprint density at radius 1 is 1.07 bits per heavy atom. The van der Waals surface area contributed by atoms with Crippen molar-refractivity contribution in [2.24, 2.45) is 0 Å². The van der Waals surface area contributed by atoms with Gasteiger partial charge in [-0.2, -0.15) is 4.68 Å². The summed E-state index contributed by atoms with van der Waals surface area (Å²) in [4.78, 5) is 32.0. The Labute approximate surface area is 159 Å². The van der Waals surface area contributed by atoms with Crippen molar-refractivity contribution in [1.29, 1.82) is 0 Å². The van der Waals surface area contributed by atoms with Crippen molar-refractivity contribution in [1.82, 2.24) is 9.66 Å². The Bertz CT molecular complexity index is 1110. The van der Waals surface area contributed by atoms with Gasteiger partial charge < -0.3 is 4.90 Å². The van der Waals surface area contributed by atoms with Crippen LogP contribution in [-0.4, -0.2) is 28.7 Å². The molecule has 2 aromatic carbocycles. The first-order valence-corrected chi connectivity index (χ1v) is 9.03. The molecule has 1 aliphatic rings. The average Bonchev–Trinajstić information content (AvgIpc) is 3.21. The summed E-state index contributed by atoms with van der Waals surface area (Å²) in [5.74, 6) is -2.14. The third-order valence-corrected chi connectivity index (χ3v) is 4.73. The van der Waals surface area contributed by atoms with Crippen LogP contribution in [-0.2, 0) is 11.2 Å². The molecule has 2 heterocycles. The van der Waals surface area contributed by atoms with Gasteiger partial charge in [0, 0.05) is 13.1 Å². The predicted octanol–water partition coefficient (Wildman–Crippen LogP) is 2.59. The van der Waals surface area contributed by atoms with E-state index in [4.69, 9.17) is 0 Å². The van der Waals surface area contributed by atoms with Crippen molar-refractivity contribution in [3.8, 4) is 0 Å². The molecule has 0 bridgehead atoms. The molecule has 1 fully saturated rings. The molecule has 0 saturated carbocycles. The molecular weight excluding hydrogens is 366 g/mol. The number of hydrogen-bond donors (Lipinski definition) is 1. The van der Waals surface area contributed by atoms with E-state index in [0.717, 1.165) is 42.7 Å². The first-order valence-electron chi connectivity index (χ1n) is 9.03. The fourth-order valence-electron chi connectivity index (χ4n) is 3.35. The van der Waals surface area contributed by atoms with E-state index in [0.29, 0.717) is 22.4 Å². The zero-order valence-corrected chi connectivity index (χ0v) is 15.0. The third kappa shape index (κ3) is 3.45. The second-order valence-corrected chi connectivity index (χ2v) is 6.72. The van der Waals surface area contributed by atoms with Crippen LogP contribution >= 0.6 is 0 Å². The van der Waals surface area contributed by atoms with Crippen molar-refractivity contribution in [2.75, 3.05) is 23.4 Å². The lowest BCUT2D eigenvalue weighted by atomic mass is 10.1. The predicted molar refractivity (Wildman–Crippen MR) is 102 cm³/mol. The molecule has 1 saturated heterocycles. The lowest BCUT2D eigenvalue weighted by Gasteiger charge is -2.22. The summed E-state index contributed by atoms with van der Waals surface area (Å²) >= 11 is 0. The van der Waals surface area contributed by atoms with Crippen LogP contribution in [0.2, 0.25) is 0 Å². The highest BCUT2D eigenvalue weighted by atomic mass is 19.2. The second kappa shape index (κ2) is 7.38. The van der Waals surface area contributed by atoms with E-state index >= 15 is 0 Å². The zero-order chi connectivity index (χ0) is 19.7. The van der Waals surface area contributed by atoms with Crippen molar-refractivity contribution < 1.29 is 13.6 Å². The zero-order valence-electron chi connectivity index (χ0n) is 15.0. The van der Waals surface area contributed by atoms with Crippen molar-refractivity contribution in [3.63, 3.8) is 0 Å². The van der Waals surface area contributed by atoms with Gasteiger partial charge in [0.1, 0.15) is 0 Å². The van der Waals surface area contributed by atoms with E-state index in [1.165, 1.54) is 6.07 Å². The van der Waals surface area contributed by atoms with Crippen LogP contribution in [0.4, 0.5) is 14.7 Å². The summed E-state index contributed by atoms with van der Waals surface area (Å²) in [7, 11) is 0. The quantitative estimate of drug-likeness (QED) is 0.751. The van der Waals surface area contributed by atoms with Crippen LogP contribution in [0.1, 0.15) is 18.4 Å². The summed E-state index contributed by atoms with van der Waals surface area (Å²) in [5, 5.41) is 0.388. The lowest BCUT2D eigenvalue weighted by molar-refractivity contribution is -0.116. The molecule has 0 unspecified atom stereocenters. The number of amides is 1. The van der Waals surface area contributed by atoms with Crippen LogP contribution < -0.4 is 15.9 Å². The third-order valence-electron chi connectivity index (χ3n) is 4.73. The van der Waals surface area contributed by atoms with Crippen LogP contribution in [0.3, 0.4) is 0 Å².